The average molecular weight is 228 g/mol. The molecule has 1 fully saturated rings. The maximum atomic E-state index is 12.9. The van der Waals surface area contributed by atoms with Crippen LogP contribution in [-0.2, 0) is 0 Å². The lowest BCUT2D eigenvalue weighted by Gasteiger charge is -2.33. The Morgan fingerprint density at radius 3 is 2.19 bits per heavy atom. The van der Waals surface area contributed by atoms with Crippen molar-refractivity contribution in [2.45, 2.75) is 18.8 Å². The van der Waals surface area contributed by atoms with Crippen LogP contribution in [0, 0.1) is 0 Å². The second kappa shape index (κ2) is 4.25. The summed E-state index contributed by atoms with van der Waals surface area (Å²) in [5.41, 5.74) is 0.927. The van der Waals surface area contributed by atoms with E-state index in [1.54, 1.807) is 12.1 Å². The summed E-state index contributed by atoms with van der Waals surface area (Å²) < 4.78 is 25.9. The molecule has 1 aromatic carbocycles. The average Bonchev–Trinajstić information content (AvgIpc) is 2.29. The second-order valence-electron chi connectivity index (χ2n) is 3.95. The number of nitrogens with two attached hydrogens (primary N) is 1. The van der Waals surface area contributed by atoms with Crippen molar-refractivity contribution >= 4 is 5.69 Å². The molecule has 0 aromatic heterocycles. The zero-order valence-corrected chi connectivity index (χ0v) is 8.83. The van der Waals surface area contributed by atoms with E-state index in [2.05, 4.69) is 4.84 Å². The minimum absolute atomic E-state index is 0.0812. The first-order valence-electron chi connectivity index (χ1n) is 5.20. The van der Waals surface area contributed by atoms with Gasteiger partial charge in [-0.25, -0.2) is 8.78 Å². The second-order valence-corrected chi connectivity index (χ2v) is 3.95. The highest BCUT2D eigenvalue weighted by atomic mass is 19.3. The lowest BCUT2D eigenvalue weighted by atomic mass is 10.1. The van der Waals surface area contributed by atoms with E-state index in [-0.39, 0.29) is 12.8 Å². The number of hydrogen-bond donors (Lipinski definition) is 1. The van der Waals surface area contributed by atoms with Crippen molar-refractivity contribution in [1.29, 1.82) is 0 Å². The summed E-state index contributed by atoms with van der Waals surface area (Å²) in [5.74, 6) is 3.06. The third kappa shape index (κ3) is 2.41. The molecule has 16 heavy (non-hydrogen) atoms. The van der Waals surface area contributed by atoms with Gasteiger partial charge in [-0.1, -0.05) is 0 Å². The molecule has 1 aliphatic rings. The third-order valence-electron chi connectivity index (χ3n) is 2.83. The van der Waals surface area contributed by atoms with E-state index >= 15 is 0 Å². The molecular formula is C11H14F2N2O. The van der Waals surface area contributed by atoms with Crippen molar-refractivity contribution < 1.29 is 13.6 Å². The summed E-state index contributed by atoms with van der Waals surface area (Å²) >= 11 is 0. The van der Waals surface area contributed by atoms with Gasteiger partial charge in [0.2, 0.25) is 0 Å². The number of anilines is 1. The zero-order valence-electron chi connectivity index (χ0n) is 8.83. The van der Waals surface area contributed by atoms with Crippen LogP contribution < -0.4 is 15.6 Å². The topological polar surface area (TPSA) is 38.5 Å². The van der Waals surface area contributed by atoms with Gasteiger partial charge in [0.1, 0.15) is 5.75 Å². The summed E-state index contributed by atoms with van der Waals surface area (Å²) in [5, 5.41) is 0. The van der Waals surface area contributed by atoms with E-state index in [0.29, 0.717) is 18.8 Å². The van der Waals surface area contributed by atoms with Crippen molar-refractivity contribution in [2.24, 2.45) is 5.90 Å². The van der Waals surface area contributed by atoms with Gasteiger partial charge in [0, 0.05) is 31.6 Å². The number of rotatable bonds is 2. The number of nitrogens with zero attached hydrogens (tertiary/aromatic N) is 1. The smallest absolute Gasteiger partial charge is 0.251 e. The maximum absolute atomic E-state index is 12.9. The number of alkyl halides is 2. The highest BCUT2D eigenvalue weighted by molar-refractivity contribution is 5.49. The quantitative estimate of drug-likeness (QED) is 0.788. The van der Waals surface area contributed by atoms with Crippen LogP contribution in [-0.4, -0.2) is 19.0 Å². The zero-order chi connectivity index (χ0) is 11.6. The lowest BCUT2D eigenvalue weighted by molar-refractivity contribution is -0.0220. The van der Waals surface area contributed by atoms with Gasteiger partial charge in [-0.2, -0.15) is 5.90 Å². The van der Waals surface area contributed by atoms with Gasteiger partial charge >= 0.3 is 0 Å². The largest absolute Gasteiger partial charge is 0.412 e. The normalized spacial score (nSPS) is 19.6. The third-order valence-corrected chi connectivity index (χ3v) is 2.83. The number of hydrogen-bond acceptors (Lipinski definition) is 3. The molecule has 1 heterocycles. The Kier molecular flexibility index (Phi) is 2.96. The first-order chi connectivity index (χ1) is 7.61. The molecule has 2 N–H and O–H groups in total. The predicted molar refractivity (Wildman–Crippen MR) is 57.7 cm³/mol. The molecule has 0 bridgehead atoms. The van der Waals surface area contributed by atoms with Crippen LogP contribution in [0.2, 0.25) is 0 Å². The van der Waals surface area contributed by atoms with E-state index in [1.165, 1.54) is 0 Å². The Labute approximate surface area is 92.7 Å². The molecule has 1 aromatic rings. The monoisotopic (exact) mass is 228 g/mol. The first-order valence-corrected chi connectivity index (χ1v) is 5.20. The fourth-order valence-corrected chi connectivity index (χ4v) is 1.83. The van der Waals surface area contributed by atoms with Gasteiger partial charge < -0.3 is 9.74 Å². The predicted octanol–water partition coefficient (Wildman–Crippen LogP) is 2.17. The van der Waals surface area contributed by atoms with Gasteiger partial charge in [-0.3, -0.25) is 0 Å². The van der Waals surface area contributed by atoms with Crippen LogP contribution in [0.4, 0.5) is 14.5 Å². The summed E-state index contributed by atoms with van der Waals surface area (Å²) in [6.45, 7) is 0.770. The van der Waals surface area contributed by atoms with Gasteiger partial charge in [-0.05, 0) is 24.3 Å². The molecule has 0 spiro atoms. The molecule has 0 aliphatic carbocycles. The summed E-state index contributed by atoms with van der Waals surface area (Å²) in [7, 11) is 0. The van der Waals surface area contributed by atoms with Crippen LogP contribution in [0.25, 0.3) is 0 Å². The van der Waals surface area contributed by atoms with Crippen molar-refractivity contribution in [2.75, 3.05) is 18.0 Å². The van der Waals surface area contributed by atoms with Crippen molar-refractivity contribution in [3.63, 3.8) is 0 Å². The SMILES string of the molecule is NOc1ccc(N2CCC(F)(F)CC2)cc1. The van der Waals surface area contributed by atoms with E-state index in [9.17, 15) is 8.78 Å². The molecule has 0 amide bonds. The molecule has 0 atom stereocenters. The van der Waals surface area contributed by atoms with Gasteiger partial charge in [0.15, 0.2) is 0 Å². The lowest BCUT2D eigenvalue weighted by Crippen LogP contribution is -2.39. The fourth-order valence-electron chi connectivity index (χ4n) is 1.83. The van der Waals surface area contributed by atoms with Crippen molar-refractivity contribution in [3.8, 4) is 5.75 Å². The molecule has 0 unspecified atom stereocenters. The first kappa shape index (κ1) is 11.1. The summed E-state index contributed by atoms with van der Waals surface area (Å²) in [4.78, 5) is 6.49. The minimum atomic E-state index is -2.50. The van der Waals surface area contributed by atoms with Crippen LogP contribution >= 0.6 is 0 Å². The Balaban J connectivity index is 2.03. The molecule has 1 saturated heterocycles. The molecule has 1 aliphatic heterocycles. The molecular weight excluding hydrogens is 214 g/mol. The summed E-state index contributed by atoms with van der Waals surface area (Å²) in [6.07, 6.45) is -0.162. The summed E-state index contributed by atoms with van der Waals surface area (Å²) in [6, 6.07) is 7.10. The maximum Gasteiger partial charge on any atom is 0.251 e. The molecule has 0 saturated carbocycles. The Morgan fingerprint density at radius 2 is 1.69 bits per heavy atom. The van der Waals surface area contributed by atoms with E-state index in [4.69, 9.17) is 5.90 Å². The number of benzene rings is 1. The van der Waals surface area contributed by atoms with Crippen molar-refractivity contribution in [1.82, 2.24) is 0 Å². The number of piperidine rings is 1. The van der Waals surface area contributed by atoms with Crippen LogP contribution in [0.5, 0.6) is 5.75 Å². The fraction of sp³-hybridized carbons (Fsp3) is 0.455. The van der Waals surface area contributed by atoms with Gasteiger partial charge in [0.05, 0.1) is 0 Å². The Morgan fingerprint density at radius 1 is 1.12 bits per heavy atom. The molecule has 0 radical (unpaired) electrons. The van der Waals surface area contributed by atoms with Crippen LogP contribution in [0.1, 0.15) is 12.8 Å². The van der Waals surface area contributed by atoms with Crippen LogP contribution in [0.15, 0.2) is 24.3 Å². The Hall–Kier alpha value is -1.36. The van der Waals surface area contributed by atoms with E-state index < -0.39 is 5.92 Å². The minimum Gasteiger partial charge on any atom is -0.412 e. The van der Waals surface area contributed by atoms with E-state index in [1.807, 2.05) is 17.0 Å². The van der Waals surface area contributed by atoms with Gasteiger partial charge in [-0.15, -0.1) is 0 Å². The van der Waals surface area contributed by atoms with Gasteiger partial charge in [0.25, 0.3) is 5.92 Å². The number of halogens is 2. The van der Waals surface area contributed by atoms with Crippen molar-refractivity contribution in [3.05, 3.63) is 24.3 Å². The van der Waals surface area contributed by atoms with E-state index in [0.717, 1.165) is 5.69 Å². The van der Waals surface area contributed by atoms with Crippen LogP contribution in [0.3, 0.4) is 0 Å². The highest BCUT2D eigenvalue weighted by Crippen LogP contribution is 2.30. The molecule has 2 rings (SSSR count). The molecule has 3 nitrogen and oxygen atoms in total. The Bertz CT molecular complexity index is 344. The standard InChI is InChI=1S/C11H14F2N2O/c12-11(13)5-7-15(8-6-11)9-1-3-10(16-14)4-2-9/h1-4H,5-8,14H2. The molecule has 5 heteroatoms. The molecule has 88 valence electrons. The highest BCUT2D eigenvalue weighted by Gasteiger charge is 2.33.